The molecule has 4 nitrogen and oxygen atoms in total. The SMILES string of the molecule is CCOc1ccc(C2=Nc3ccc(F)cc3C(c3ccc(C)cc3)=NN2)cc1. The van der Waals surface area contributed by atoms with Crippen molar-refractivity contribution in [2.75, 3.05) is 6.61 Å². The minimum Gasteiger partial charge on any atom is -0.494 e. The van der Waals surface area contributed by atoms with Gasteiger partial charge in [0.1, 0.15) is 17.3 Å². The third kappa shape index (κ3) is 3.64. The van der Waals surface area contributed by atoms with Crippen molar-refractivity contribution in [3.63, 3.8) is 0 Å². The maximum atomic E-state index is 14.0. The fraction of sp³-hybridized carbons (Fsp3) is 0.130. The van der Waals surface area contributed by atoms with Crippen LogP contribution in [0.3, 0.4) is 0 Å². The van der Waals surface area contributed by atoms with Crippen LogP contribution in [-0.4, -0.2) is 18.2 Å². The quantitative estimate of drug-likeness (QED) is 0.702. The summed E-state index contributed by atoms with van der Waals surface area (Å²) in [4.78, 5) is 4.70. The molecule has 0 radical (unpaired) electrons. The first-order valence-corrected chi connectivity index (χ1v) is 9.16. The number of hydrogen-bond donors (Lipinski definition) is 1. The minimum atomic E-state index is -0.321. The van der Waals surface area contributed by atoms with Crippen LogP contribution in [0.1, 0.15) is 29.2 Å². The van der Waals surface area contributed by atoms with Crippen LogP contribution in [0.5, 0.6) is 5.75 Å². The zero-order valence-electron chi connectivity index (χ0n) is 15.7. The van der Waals surface area contributed by atoms with Gasteiger partial charge in [0, 0.05) is 16.7 Å². The first-order chi connectivity index (χ1) is 13.6. The molecule has 0 spiro atoms. The lowest BCUT2D eigenvalue weighted by Crippen LogP contribution is -2.19. The zero-order chi connectivity index (χ0) is 19.5. The van der Waals surface area contributed by atoms with E-state index in [-0.39, 0.29) is 5.82 Å². The van der Waals surface area contributed by atoms with Crippen LogP contribution in [0.25, 0.3) is 0 Å². The summed E-state index contributed by atoms with van der Waals surface area (Å²) in [6.07, 6.45) is 0. The second-order valence-electron chi connectivity index (χ2n) is 6.52. The molecule has 0 bridgehead atoms. The Labute approximate surface area is 163 Å². The zero-order valence-corrected chi connectivity index (χ0v) is 15.7. The van der Waals surface area contributed by atoms with Crippen molar-refractivity contribution < 1.29 is 9.13 Å². The van der Waals surface area contributed by atoms with Gasteiger partial charge in [0.05, 0.1) is 12.3 Å². The van der Waals surface area contributed by atoms with E-state index in [4.69, 9.17) is 9.73 Å². The lowest BCUT2D eigenvalue weighted by atomic mass is 10.00. The van der Waals surface area contributed by atoms with Crippen LogP contribution in [0.15, 0.2) is 76.8 Å². The van der Waals surface area contributed by atoms with Crippen molar-refractivity contribution in [2.45, 2.75) is 13.8 Å². The average molecular weight is 373 g/mol. The number of rotatable bonds is 4. The molecule has 28 heavy (non-hydrogen) atoms. The molecule has 1 aliphatic rings. The number of hydrazone groups is 1. The van der Waals surface area contributed by atoms with Crippen LogP contribution >= 0.6 is 0 Å². The number of nitrogens with one attached hydrogen (secondary N) is 1. The Morgan fingerprint density at radius 1 is 0.929 bits per heavy atom. The molecule has 0 amide bonds. The Hall–Kier alpha value is -3.47. The summed E-state index contributed by atoms with van der Waals surface area (Å²) in [5.74, 6) is 1.07. The number of halogens is 1. The van der Waals surface area contributed by atoms with Crippen LogP contribution in [-0.2, 0) is 0 Å². The van der Waals surface area contributed by atoms with E-state index in [9.17, 15) is 4.39 Å². The molecule has 0 atom stereocenters. The molecule has 0 aromatic heterocycles. The van der Waals surface area contributed by atoms with E-state index in [0.717, 1.165) is 22.4 Å². The summed E-state index contributed by atoms with van der Waals surface area (Å²) in [6, 6.07) is 20.2. The van der Waals surface area contributed by atoms with Gasteiger partial charge in [-0.15, -0.1) is 0 Å². The number of hydrogen-bond acceptors (Lipinski definition) is 4. The molecule has 4 rings (SSSR count). The van der Waals surface area contributed by atoms with Crippen molar-refractivity contribution >= 4 is 17.2 Å². The fourth-order valence-electron chi connectivity index (χ4n) is 3.05. The third-order valence-electron chi connectivity index (χ3n) is 4.48. The van der Waals surface area contributed by atoms with Gasteiger partial charge >= 0.3 is 0 Å². The topological polar surface area (TPSA) is 46.0 Å². The summed E-state index contributed by atoms with van der Waals surface area (Å²) in [6.45, 7) is 4.58. The Bertz CT molecular complexity index is 1050. The Balaban J connectivity index is 1.78. The van der Waals surface area contributed by atoms with E-state index in [1.807, 2.05) is 62.4 Å². The Morgan fingerprint density at radius 3 is 2.36 bits per heavy atom. The van der Waals surface area contributed by atoms with Crippen LogP contribution < -0.4 is 10.2 Å². The molecule has 3 aromatic carbocycles. The van der Waals surface area contributed by atoms with Crippen molar-refractivity contribution in [3.8, 4) is 5.75 Å². The third-order valence-corrected chi connectivity index (χ3v) is 4.48. The maximum absolute atomic E-state index is 14.0. The molecule has 1 heterocycles. The summed E-state index contributed by atoms with van der Waals surface area (Å²) < 4.78 is 19.5. The summed E-state index contributed by atoms with van der Waals surface area (Å²) >= 11 is 0. The van der Waals surface area contributed by atoms with E-state index >= 15 is 0 Å². The second kappa shape index (κ2) is 7.64. The summed E-state index contributed by atoms with van der Waals surface area (Å²) in [7, 11) is 0. The van der Waals surface area contributed by atoms with Gasteiger partial charge in [0.2, 0.25) is 0 Å². The second-order valence-corrected chi connectivity index (χ2v) is 6.52. The van der Waals surface area contributed by atoms with E-state index in [2.05, 4.69) is 10.5 Å². The lowest BCUT2D eigenvalue weighted by molar-refractivity contribution is 0.340. The first kappa shape index (κ1) is 17.9. The van der Waals surface area contributed by atoms with Crippen molar-refractivity contribution in [3.05, 3.63) is 94.8 Å². The predicted octanol–water partition coefficient (Wildman–Crippen LogP) is 4.97. The molecule has 0 aliphatic carbocycles. The largest absolute Gasteiger partial charge is 0.494 e. The average Bonchev–Trinajstić information content (AvgIpc) is 2.89. The number of nitrogens with zero attached hydrogens (tertiary/aromatic N) is 2. The normalized spacial score (nSPS) is 13.0. The van der Waals surface area contributed by atoms with Crippen LogP contribution in [0, 0.1) is 12.7 Å². The fourth-order valence-corrected chi connectivity index (χ4v) is 3.05. The maximum Gasteiger partial charge on any atom is 0.154 e. The van der Waals surface area contributed by atoms with Gasteiger partial charge in [0.25, 0.3) is 0 Å². The van der Waals surface area contributed by atoms with Crippen molar-refractivity contribution in [2.24, 2.45) is 10.1 Å². The molecule has 3 aromatic rings. The van der Waals surface area contributed by atoms with Crippen LogP contribution in [0.4, 0.5) is 10.1 Å². The minimum absolute atomic E-state index is 0.321. The Morgan fingerprint density at radius 2 is 1.64 bits per heavy atom. The molecule has 1 N–H and O–H groups in total. The highest BCUT2D eigenvalue weighted by Gasteiger charge is 2.18. The first-order valence-electron chi connectivity index (χ1n) is 9.16. The monoisotopic (exact) mass is 373 g/mol. The molecule has 0 unspecified atom stereocenters. The van der Waals surface area contributed by atoms with Gasteiger partial charge in [-0.3, -0.25) is 5.43 Å². The van der Waals surface area contributed by atoms with E-state index in [1.165, 1.54) is 12.1 Å². The standard InChI is InChI=1S/C23H20FN3O/c1-3-28-19-11-8-17(9-12-19)23-25-21-13-10-18(24)14-20(21)22(26-27-23)16-6-4-15(2)5-7-16/h4-14H,3H2,1-2H3,(H,25,27). The van der Waals surface area contributed by atoms with Gasteiger partial charge < -0.3 is 4.74 Å². The molecule has 5 heteroatoms. The van der Waals surface area contributed by atoms with E-state index in [0.29, 0.717) is 29.4 Å². The number of fused-ring (bicyclic) bond motifs is 1. The predicted molar refractivity (Wildman–Crippen MR) is 110 cm³/mol. The van der Waals surface area contributed by atoms with Gasteiger partial charge in [-0.1, -0.05) is 29.8 Å². The Kier molecular flexibility index (Phi) is 4.89. The molecule has 0 saturated heterocycles. The number of aliphatic imine (C=N–C) groups is 1. The van der Waals surface area contributed by atoms with Crippen molar-refractivity contribution in [1.29, 1.82) is 0 Å². The number of ether oxygens (including phenoxy) is 1. The molecular formula is C23H20FN3O. The van der Waals surface area contributed by atoms with Gasteiger partial charge in [-0.2, -0.15) is 5.10 Å². The van der Waals surface area contributed by atoms with E-state index < -0.39 is 0 Å². The number of amidine groups is 1. The highest BCUT2D eigenvalue weighted by atomic mass is 19.1. The van der Waals surface area contributed by atoms with Gasteiger partial charge in [-0.25, -0.2) is 9.38 Å². The molecule has 140 valence electrons. The smallest absolute Gasteiger partial charge is 0.154 e. The highest BCUT2D eigenvalue weighted by Crippen LogP contribution is 2.27. The molecule has 0 saturated carbocycles. The molecule has 0 fully saturated rings. The van der Waals surface area contributed by atoms with E-state index in [1.54, 1.807) is 6.07 Å². The van der Waals surface area contributed by atoms with Crippen LogP contribution in [0.2, 0.25) is 0 Å². The van der Waals surface area contributed by atoms with Crippen molar-refractivity contribution in [1.82, 2.24) is 5.43 Å². The summed E-state index contributed by atoms with van der Waals surface area (Å²) in [5, 5.41) is 4.56. The lowest BCUT2D eigenvalue weighted by Gasteiger charge is -2.08. The molecule has 1 aliphatic heterocycles. The highest BCUT2D eigenvalue weighted by molar-refractivity contribution is 6.18. The summed E-state index contributed by atoms with van der Waals surface area (Å²) in [5.41, 5.74) is 7.93. The number of aryl methyl sites for hydroxylation is 1. The number of benzene rings is 3. The molecular weight excluding hydrogens is 353 g/mol. The van der Waals surface area contributed by atoms with Gasteiger partial charge in [-0.05, 0) is 56.3 Å². The van der Waals surface area contributed by atoms with Gasteiger partial charge in [0.15, 0.2) is 5.84 Å².